The van der Waals surface area contributed by atoms with Gasteiger partial charge in [0.15, 0.2) is 0 Å². The SMILES string of the molecule is c1ccc(-c2cc(-c3ccccc3-c3cccc4c3oc3ccccc34)c3ccc4cccc5ccc2c3c54)cc1. The highest BCUT2D eigenvalue weighted by Gasteiger charge is 2.20. The lowest BCUT2D eigenvalue weighted by Crippen LogP contribution is -1.92. The Morgan fingerprint density at radius 3 is 1.76 bits per heavy atom. The van der Waals surface area contributed by atoms with E-state index in [-0.39, 0.29) is 0 Å². The molecule has 0 aliphatic rings. The summed E-state index contributed by atoms with van der Waals surface area (Å²) in [6, 6.07) is 52.5. The fraction of sp³-hybridized carbons (Fsp3) is 0. The minimum absolute atomic E-state index is 0.918. The summed E-state index contributed by atoms with van der Waals surface area (Å²) in [6.45, 7) is 0. The molecule has 41 heavy (non-hydrogen) atoms. The van der Waals surface area contributed by atoms with Crippen molar-refractivity contribution < 1.29 is 4.42 Å². The maximum absolute atomic E-state index is 6.50. The van der Waals surface area contributed by atoms with E-state index in [0.717, 1.165) is 27.5 Å². The summed E-state index contributed by atoms with van der Waals surface area (Å²) >= 11 is 0. The fourth-order valence-electron chi connectivity index (χ4n) is 6.82. The average molecular weight is 521 g/mol. The zero-order valence-electron chi connectivity index (χ0n) is 22.3. The first-order valence-electron chi connectivity index (χ1n) is 14.1. The molecule has 9 rings (SSSR count). The molecule has 0 amide bonds. The van der Waals surface area contributed by atoms with Gasteiger partial charge in [0.25, 0.3) is 0 Å². The summed E-state index contributed by atoms with van der Waals surface area (Å²) < 4.78 is 6.50. The molecule has 0 unspecified atom stereocenters. The summed E-state index contributed by atoms with van der Waals surface area (Å²) in [4.78, 5) is 0. The van der Waals surface area contributed by atoms with Crippen LogP contribution in [0.15, 0.2) is 150 Å². The Morgan fingerprint density at radius 2 is 0.951 bits per heavy atom. The lowest BCUT2D eigenvalue weighted by Gasteiger charge is -2.19. The molecule has 0 aliphatic heterocycles. The van der Waals surface area contributed by atoms with E-state index >= 15 is 0 Å². The Kier molecular flexibility index (Phi) is 4.67. The Bertz CT molecular complexity index is 2390. The lowest BCUT2D eigenvalue weighted by atomic mass is 9.84. The Labute approximate surface area is 237 Å². The first-order valence-corrected chi connectivity index (χ1v) is 14.1. The maximum Gasteiger partial charge on any atom is 0.143 e. The molecule has 0 spiro atoms. The molecule has 0 saturated carbocycles. The quantitative estimate of drug-likeness (QED) is 0.211. The van der Waals surface area contributed by atoms with Gasteiger partial charge < -0.3 is 4.42 Å². The van der Waals surface area contributed by atoms with Gasteiger partial charge in [-0.15, -0.1) is 0 Å². The first kappa shape index (κ1) is 22.4. The highest BCUT2D eigenvalue weighted by Crippen LogP contribution is 2.47. The minimum atomic E-state index is 0.918. The third kappa shape index (κ3) is 3.24. The number of hydrogen-bond donors (Lipinski definition) is 0. The number of benzene rings is 8. The second-order valence-electron chi connectivity index (χ2n) is 10.8. The van der Waals surface area contributed by atoms with Crippen LogP contribution in [0.1, 0.15) is 0 Å². The Balaban J connectivity index is 1.42. The van der Waals surface area contributed by atoms with E-state index in [4.69, 9.17) is 4.42 Å². The van der Waals surface area contributed by atoms with Crippen molar-refractivity contribution in [1.82, 2.24) is 0 Å². The molecule has 0 fully saturated rings. The van der Waals surface area contributed by atoms with Crippen LogP contribution in [0.3, 0.4) is 0 Å². The molecular formula is C40H24O. The third-order valence-corrected chi connectivity index (χ3v) is 8.64. The van der Waals surface area contributed by atoms with E-state index in [1.807, 2.05) is 6.07 Å². The van der Waals surface area contributed by atoms with E-state index in [2.05, 4.69) is 140 Å². The minimum Gasteiger partial charge on any atom is -0.455 e. The summed E-state index contributed by atoms with van der Waals surface area (Å²) in [5.74, 6) is 0. The first-order chi connectivity index (χ1) is 20.3. The molecule has 0 saturated heterocycles. The summed E-state index contributed by atoms with van der Waals surface area (Å²) in [5, 5.41) is 10.1. The van der Waals surface area contributed by atoms with E-state index in [0.29, 0.717) is 0 Å². The van der Waals surface area contributed by atoms with Gasteiger partial charge in [0.05, 0.1) is 0 Å². The topological polar surface area (TPSA) is 13.1 Å². The molecule has 0 N–H and O–H groups in total. The molecule has 1 heterocycles. The number of furan rings is 1. The normalized spacial score (nSPS) is 11.9. The second-order valence-corrected chi connectivity index (χ2v) is 10.8. The van der Waals surface area contributed by atoms with Crippen LogP contribution in [0.2, 0.25) is 0 Å². The molecule has 1 aromatic heterocycles. The van der Waals surface area contributed by atoms with Gasteiger partial charge in [-0.25, -0.2) is 0 Å². The summed E-state index contributed by atoms with van der Waals surface area (Å²) in [5.41, 5.74) is 9.05. The summed E-state index contributed by atoms with van der Waals surface area (Å²) in [7, 11) is 0. The number of fused-ring (bicyclic) bond motifs is 3. The standard InChI is InChI=1S/C40H24O/c1-2-10-25(11-3-1)35-24-36(32-23-21-27-13-8-12-26-20-22-31(35)39(32)38(26)27)29-15-5-4-14-28(29)33-17-9-18-34-30-16-6-7-19-37(30)41-40(33)34/h1-24H. The predicted molar refractivity (Wildman–Crippen MR) is 174 cm³/mol. The van der Waals surface area contributed by atoms with Gasteiger partial charge in [-0.1, -0.05) is 133 Å². The van der Waals surface area contributed by atoms with Gasteiger partial charge in [-0.3, -0.25) is 0 Å². The zero-order chi connectivity index (χ0) is 26.9. The molecule has 0 atom stereocenters. The lowest BCUT2D eigenvalue weighted by molar-refractivity contribution is 0.670. The van der Waals surface area contributed by atoms with Gasteiger partial charge in [-0.2, -0.15) is 0 Å². The van der Waals surface area contributed by atoms with Gasteiger partial charge in [0, 0.05) is 16.3 Å². The number of hydrogen-bond acceptors (Lipinski definition) is 1. The molecule has 1 heteroatoms. The van der Waals surface area contributed by atoms with Crippen molar-refractivity contribution in [3.8, 4) is 33.4 Å². The number of rotatable bonds is 3. The van der Waals surface area contributed by atoms with Gasteiger partial charge >= 0.3 is 0 Å². The molecule has 8 aromatic carbocycles. The molecular weight excluding hydrogens is 496 g/mol. The average Bonchev–Trinajstić information content (AvgIpc) is 3.43. The van der Waals surface area contributed by atoms with Gasteiger partial charge in [0.2, 0.25) is 0 Å². The molecule has 0 radical (unpaired) electrons. The second kappa shape index (κ2) is 8.55. The highest BCUT2D eigenvalue weighted by atomic mass is 16.3. The van der Waals surface area contributed by atoms with E-state index in [1.165, 1.54) is 60.1 Å². The largest absolute Gasteiger partial charge is 0.455 e. The number of para-hydroxylation sites is 2. The van der Waals surface area contributed by atoms with Crippen molar-refractivity contribution in [2.45, 2.75) is 0 Å². The molecule has 9 aromatic rings. The van der Waals surface area contributed by atoms with Crippen molar-refractivity contribution in [1.29, 1.82) is 0 Å². The van der Waals surface area contributed by atoms with Gasteiger partial charge in [-0.05, 0) is 72.3 Å². The monoisotopic (exact) mass is 520 g/mol. The van der Waals surface area contributed by atoms with Crippen LogP contribution in [0.4, 0.5) is 0 Å². The third-order valence-electron chi connectivity index (χ3n) is 8.64. The van der Waals surface area contributed by atoms with Crippen molar-refractivity contribution in [2.24, 2.45) is 0 Å². The molecule has 0 bridgehead atoms. The highest BCUT2D eigenvalue weighted by molar-refractivity contribution is 6.28. The van der Waals surface area contributed by atoms with E-state index in [9.17, 15) is 0 Å². The van der Waals surface area contributed by atoms with Crippen LogP contribution < -0.4 is 0 Å². The van der Waals surface area contributed by atoms with E-state index in [1.54, 1.807) is 0 Å². The fourth-order valence-corrected chi connectivity index (χ4v) is 6.82. The zero-order valence-corrected chi connectivity index (χ0v) is 22.3. The van der Waals surface area contributed by atoms with Crippen molar-refractivity contribution in [3.63, 3.8) is 0 Å². The van der Waals surface area contributed by atoms with Crippen LogP contribution in [-0.4, -0.2) is 0 Å². The van der Waals surface area contributed by atoms with Crippen LogP contribution in [-0.2, 0) is 0 Å². The molecule has 190 valence electrons. The maximum atomic E-state index is 6.50. The Morgan fingerprint density at radius 1 is 0.341 bits per heavy atom. The predicted octanol–water partition coefficient (Wildman–Crippen LogP) is 11.5. The van der Waals surface area contributed by atoms with Crippen molar-refractivity contribution in [2.75, 3.05) is 0 Å². The molecule has 0 aliphatic carbocycles. The van der Waals surface area contributed by atoms with Crippen molar-refractivity contribution >= 4 is 54.3 Å². The molecule has 1 nitrogen and oxygen atoms in total. The van der Waals surface area contributed by atoms with Crippen LogP contribution >= 0.6 is 0 Å². The van der Waals surface area contributed by atoms with Crippen LogP contribution in [0, 0.1) is 0 Å². The summed E-state index contributed by atoms with van der Waals surface area (Å²) in [6.07, 6.45) is 0. The van der Waals surface area contributed by atoms with E-state index < -0.39 is 0 Å². The van der Waals surface area contributed by atoms with Crippen LogP contribution in [0.5, 0.6) is 0 Å². The smallest absolute Gasteiger partial charge is 0.143 e. The van der Waals surface area contributed by atoms with Gasteiger partial charge in [0.1, 0.15) is 11.2 Å². The Hall–Kier alpha value is -5.40. The van der Waals surface area contributed by atoms with Crippen molar-refractivity contribution in [3.05, 3.63) is 146 Å². The van der Waals surface area contributed by atoms with Crippen LogP contribution in [0.25, 0.3) is 87.6 Å².